The van der Waals surface area contributed by atoms with Crippen molar-refractivity contribution < 1.29 is 18.7 Å². The Balaban J connectivity index is 1.63. The molecule has 0 bridgehead atoms. The number of fused-ring (bicyclic) bond motifs is 1. The Morgan fingerprint density at radius 3 is 2.50 bits per heavy atom. The molecular weight excluding hydrogens is 378 g/mol. The van der Waals surface area contributed by atoms with Crippen molar-refractivity contribution in [2.24, 2.45) is 0 Å². The standard InChI is InChI=1S/C25H21NO4/c1-3-17-10-12-18(13-11-17)24(27)16(2)30-25(28)20-15-22(23-9-6-14-29-23)26-21-8-5-4-7-19(20)21/h4-16H,3H2,1-2H3/t16-/m0/s1. The van der Waals surface area contributed by atoms with Crippen molar-refractivity contribution in [2.75, 3.05) is 0 Å². The van der Waals surface area contributed by atoms with E-state index in [1.807, 2.05) is 30.3 Å². The number of hydrogen-bond donors (Lipinski definition) is 0. The molecule has 0 aliphatic rings. The second-order valence-electron chi connectivity index (χ2n) is 7.01. The number of pyridine rings is 1. The number of carbonyl (C=O) groups is 2. The highest BCUT2D eigenvalue weighted by molar-refractivity contribution is 6.06. The summed E-state index contributed by atoms with van der Waals surface area (Å²) in [6, 6.07) is 19.8. The number of aryl methyl sites for hydroxylation is 1. The molecule has 0 unspecified atom stereocenters. The zero-order chi connectivity index (χ0) is 21.1. The van der Waals surface area contributed by atoms with E-state index in [-0.39, 0.29) is 5.78 Å². The van der Waals surface area contributed by atoms with Gasteiger partial charge >= 0.3 is 5.97 Å². The Bertz CT molecular complexity index is 1190. The maximum Gasteiger partial charge on any atom is 0.339 e. The van der Waals surface area contributed by atoms with Crippen molar-refractivity contribution in [1.82, 2.24) is 4.98 Å². The van der Waals surface area contributed by atoms with Crippen LogP contribution in [0.25, 0.3) is 22.4 Å². The van der Waals surface area contributed by atoms with Gasteiger partial charge in [0.25, 0.3) is 0 Å². The number of ketones is 1. The third-order valence-electron chi connectivity index (χ3n) is 5.01. The summed E-state index contributed by atoms with van der Waals surface area (Å²) in [5, 5.41) is 0.657. The van der Waals surface area contributed by atoms with E-state index >= 15 is 0 Å². The maximum atomic E-state index is 13.0. The van der Waals surface area contributed by atoms with Crippen LogP contribution < -0.4 is 0 Å². The summed E-state index contributed by atoms with van der Waals surface area (Å²) in [6.07, 6.45) is 1.53. The molecule has 150 valence electrons. The summed E-state index contributed by atoms with van der Waals surface area (Å²) in [6.45, 7) is 3.64. The number of hydrogen-bond acceptors (Lipinski definition) is 5. The summed E-state index contributed by atoms with van der Waals surface area (Å²) in [7, 11) is 0. The van der Waals surface area contributed by atoms with E-state index in [9.17, 15) is 9.59 Å². The fourth-order valence-electron chi connectivity index (χ4n) is 3.31. The Kier molecular flexibility index (Phi) is 5.44. The van der Waals surface area contributed by atoms with Crippen molar-refractivity contribution in [3.05, 3.63) is 89.7 Å². The van der Waals surface area contributed by atoms with Gasteiger partial charge in [0.2, 0.25) is 5.78 Å². The topological polar surface area (TPSA) is 69.4 Å². The van der Waals surface area contributed by atoms with Crippen LogP contribution in [0.1, 0.15) is 40.1 Å². The van der Waals surface area contributed by atoms with Crippen LogP contribution in [0.15, 0.2) is 77.4 Å². The van der Waals surface area contributed by atoms with Crippen LogP contribution in [0.3, 0.4) is 0 Å². The third kappa shape index (κ3) is 3.87. The highest BCUT2D eigenvalue weighted by atomic mass is 16.5. The lowest BCUT2D eigenvalue weighted by Crippen LogP contribution is -2.24. The van der Waals surface area contributed by atoms with Gasteiger partial charge in [-0.1, -0.05) is 49.4 Å². The first-order valence-corrected chi connectivity index (χ1v) is 9.84. The molecule has 0 aliphatic carbocycles. The van der Waals surface area contributed by atoms with Gasteiger partial charge in [-0.3, -0.25) is 4.79 Å². The van der Waals surface area contributed by atoms with Crippen LogP contribution >= 0.6 is 0 Å². The van der Waals surface area contributed by atoms with E-state index in [0.29, 0.717) is 33.5 Å². The zero-order valence-electron chi connectivity index (χ0n) is 16.8. The Morgan fingerprint density at radius 1 is 1.03 bits per heavy atom. The quantitative estimate of drug-likeness (QED) is 0.317. The third-order valence-corrected chi connectivity index (χ3v) is 5.01. The molecule has 0 fully saturated rings. The number of aromatic nitrogens is 1. The molecule has 0 spiro atoms. The lowest BCUT2D eigenvalue weighted by molar-refractivity contribution is 0.0320. The smallest absolute Gasteiger partial charge is 0.339 e. The van der Waals surface area contributed by atoms with Crippen molar-refractivity contribution in [2.45, 2.75) is 26.4 Å². The first-order valence-electron chi connectivity index (χ1n) is 9.84. The normalized spacial score (nSPS) is 11.9. The number of para-hydroxylation sites is 1. The maximum absolute atomic E-state index is 13.0. The van der Waals surface area contributed by atoms with Gasteiger partial charge in [-0.2, -0.15) is 0 Å². The molecular formula is C25H21NO4. The number of nitrogens with zero attached hydrogens (tertiary/aromatic N) is 1. The fraction of sp³-hybridized carbons (Fsp3) is 0.160. The van der Waals surface area contributed by atoms with E-state index in [1.165, 1.54) is 0 Å². The molecule has 0 radical (unpaired) electrons. The molecule has 30 heavy (non-hydrogen) atoms. The van der Waals surface area contributed by atoms with Crippen LogP contribution in [0.4, 0.5) is 0 Å². The van der Waals surface area contributed by atoms with Crippen molar-refractivity contribution in [3.8, 4) is 11.5 Å². The van der Waals surface area contributed by atoms with E-state index in [1.54, 1.807) is 49.6 Å². The molecule has 2 aromatic carbocycles. The van der Waals surface area contributed by atoms with Gasteiger partial charge in [0, 0.05) is 10.9 Å². The molecule has 2 heterocycles. The number of ether oxygens (including phenoxy) is 1. The molecule has 0 amide bonds. The molecule has 0 aliphatic heterocycles. The van der Waals surface area contributed by atoms with Gasteiger partial charge < -0.3 is 9.15 Å². The number of benzene rings is 2. The molecule has 2 aromatic heterocycles. The lowest BCUT2D eigenvalue weighted by atomic mass is 10.0. The van der Waals surface area contributed by atoms with E-state index in [0.717, 1.165) is 12.0 Å². The molecule has 5 nitrogen and oxygen atoms in total. The minimum absolute atomic E-state index is 0.240. The molecule has 4 aromatic rings. The van der Waals surface area contributed by atoms with Crippen LogP contribution in [0.2, 0.25) is 0 Å². The van der Waals surface area contributed by atoms with Gasteiger partial charge in [-0.25, -0.2) is 9.78 Å². The van der Waals surface area contributed by atoms with Crippen molar-refractivity contribution >= 4 is 22.7 Å². The minimum atomic E-state index is -0.913. The van der Waals surface area contributed by atoms with E-state index < -0.39 is 12.1 Å². The largest absolute Gasteiger partial charge is 0.463 e. The van der Waals surface area contributed by atoms with Gasteiger partial charge in [0.05, 0.1) is 17.3 Å². The van der Waals surface area contributed by atoms with Crippen LogP contribution in [-0.2, 0) is 11.2 Å². The first-order chi connectivity index (χ1) is 14.6. The SMILES string of the molecule is CCc1ccc(C(=O)[C@H](C)OC(=O)c2cc(-c3ccco3)nc3ccccc23)cc1. The van der Waals surface area contributed by atoms with Gasteiger partial charge in [-0.05, 0) is 43.2 Å². The number of esters is 1. The summed E-state index contributed by atoms with van der Waals surface area (Å²) < 4.78 is 11.0. The number of carbonyl (C=O) groups excluding carboxylic acids is 2. The van der Waals surface area contributed by atoms with E-state index in [2.05, 4.69) is 11.9 Å². The predicted molar refractivity (Wildman–Crippen MR) is 114 cm³/mol. The average molecular weight is 399 g/mol. The molecule has 5 heteroatoms. The molecule has 0 N–H and O–H groups in total. The van der Waals surface area contributed by atoms with Crippen molar-refractivity contribution in [3.63, 3.8) is 0 Å². The molecule has 0 saturated heterocycles. The van der Waals surface area contributed by atoms with Crippen LogP contribution in [-0.4, -0.2) is 22.8 Å². The first kappa shape index (κ1) is 19.6. The molecule has 4 rings (SSSR count). The van der Waals surface area contributed by atoms with E-state index in [4.69, 9.17) is 9.15 Å². The zero-order valence-corrected chi connectivity index (χ0v) is 16.8. The number of furan rings is 1. The predicted octanol–water partition coefficient (Wildman–Crippen LogP) is 5.49. The summed E-state index contributed by atoms with van der Waals surface area (Å²) in [5.41, 5.74) is 3.17. The Labute approximate surface area is 174 Å². The number of rotatable bonds is 6. The molecule has 0 saturated carbocycles. The Hall–Kier alpha value is -3.73. The highest BCUT2D eigenvalue weighted by Crippen LogP contribution is 2.26. The van der Waals surface area contributed by atoms with Crippen LogP contribution in [0, 0.1) is 0 Å². The second-order valence-corrected chi connectivity index (χ2v) is 7.01. The summed E-state index contributed by atoms with van der Waals surface area (Å²) >= 11 is 0. The molecule has 1 atom stereocenters. The monoisotopic (exact) mass is 399 g/mol. The van der Waals surface area contributed by atoms with Gasteiger partial charge in [-0.15, -0.1) is 0 Å². The van der Waals surface area contributed by atoms with Crippen molar-refractivity contribution in [1.29, 1.82) is 0 Å². The summed E-state index contributed by atoms with van der Waals surface area (Å²) in [4.78, 5) is 30.3. The fourth-order valence-corrected chi connectivity index (χ4v) is 3.31. The minimum Gasteiger partial charge on any atom is -0.463 e. The highest BCUT2D eigenvalue weighted by Gasteiger charge is 2.23. The second kappa shape index (κ2) is 8.33. The Morgan fingerprint density at radius 2 is 1.80 bits per heavy atom. The van der Waals surface area contributed by atoms with Gasteiger partial charge in [0.1, 0.15) is 5.69 Å². The lowest BCUT2D eigenvalue weighted by Gasteiger charge is -2.14. The number of Topliss-reactive ketones (excluding diaryl/α,β-unsaturated/α-hetero) is 1. The van der Waals surface area contributed by atoms with Gasteiger partial charge in [0.15, 0.2) is 11.9 Å². The average Bonchev–Trinajstić information content (AvgIpc) is 3.33. The van der Waals surface area contributed by atoms with Crippen LogP contribution in [0.5, 0.6) is 0 Å². The summed E-state index contributed by atoms with van der Waals surface area (Å²) in [5.74, 6) is -0.266.